The number of carbonyl (C=O) groups excluding carboxylic acids is 2. The van der Waals surface area contributed by atoms with Crippen LogP contribution in [0.15, 0.2) is 24.3 Å². The zero-order valence-corrected chi connectivity index (χ0v) is 11.7. The number of aryl methyl sites for hydroxylation is 1. The molecule has 1 heterocycles. The second-order valence-corrected chi connectivity index (χ2v) is 5.38. The lowest BCUT2D eigenvalue weighted by Crippen LogP contribution is -2.64. The van der Waals surface area contributed by atoms with Crippen LogP contribution in [0, 0.1) is 6.92 Å². The molecular weight excluding hydrogens is 240 g/mol. The topological polar surface area (TPSA) is 49.4 Å². The zero-order chi connectivity index (χ0) is 14.0. The van der Waals surface area contributed by atoms with E-state index in [0.717, 1.165) is 11.1 Å². The van der Waals surface area contributed by atoms with Crippen molar-refractivity contribution in [3.8, 4) is 0 Å². The zero-order valence-electron chi connectivity index (χ0n) is 11.7. The van der Waals surface area contributed by atoms with Crippen molar-refractivity contribution in [3.63, 3.8) is 0 Å². The molecule has 1 aliphatic rings. The van der Waals surface area contributed by atoms with Crippen LogP contribution < -0.4 is 5.32 Å². The highest BCUT2D eigenvalue weighted by Gasteiger charge is 2.41. The number of hydrogen-bond donors (Lipinski definition) is 1. The highest BCUT2D eigenvalue weighted by molar-refractivity contribution is 5.97. The van der Waals surface area contributed by atoms with E-state index < -0.39 is 5.54 Å². The summed E-state index contributed by atoms with van der Waals surface area (Å²) in [6.07, 6.45) is 0.599. The number of rotatable bonds is 3. The van der Waals surface area contributed by atoms with Gasteiger partial charge in [-0.25, -0.2) is 0 Å². The van der Waals surface area contributed by atoms with Gasteiger partial charge in [0.25, 0.3) is 0 Å². The number of carbonyl (C=O) groups is 2. The minimum atomic E-state index is -0.765. The van der Waals surface area contributed by atoms with Gasteiger partial charge >= 0.3 is 0 Å². The minimum absolute atomic E-state index is 0.00361. The third-order valence-electron chi connectivity index (χ3n) is 3.67. The van der Waals surface area contributed by atoms with Gasteiger partial charge in [0.1, 0.15) is 5.54 Å². The summed E-state index contributed by atoms with van der Waals surface area (Å²) in [6, 6.07) is 8.02. The van der Waals surface area contributed by atoms with Gasteiger partial charge in [0.05, 0.1) is 6.54 Å². The van der Waals surface area contributed by atoms with Crippen LogP contribution in [0.25, 0.3) is 0 Å². The van der Waals surface area contributed by atoms with Gasteiger partial charge in [0.15, 0.2) is 0 Å². The van der Waals surface area contributed by atoms with Gasteiger partial charge in [-0.2, -0.15) is 0 Å². The van der Waals surface area contributed by atoms with E-state index in [9.17, 15) is 9.59 Å². The van der Waals surface area contributed by atoms with Crippen molar-refractivity contribution in [1.82, 2.24) is 10.2 Å². The van der Waals surface area contributed by atoms with E-state index >= 15 is 0 Å². The summed E-state index contributed by atoms with van der Waals surface area (Å²) in [5, 5.41) is 2.79. The first kappa shape index (κ1) is 13.6. The fraction of sp³-hybridized carbons (Fsp3) is 0.467. The van der Waals surface area contributed by atoms with Gasteiger partial charge in [0, 0.05) is 6.54 Å². The Morgan fingerprint density at radius 1 is 1.37 bits per heavy atom. The predicted molar refractivity (Wildman–Crippen MR) is 73.4 cm³/mol. The SMILES string of the molecule is CCC1(C)NC(=O)CN(Cc2cccc(C)c2)C1=O. The Hall–Kier alpha value is -1.84. The predicted octanol–water partition coefficient (Wildman–Crippen LogP) is 1.62. The molecule has 1 fully saturated rings. The van der Waals surface area contributed by atoms with Crippen molar-refractivity contribution in [2.24, 2.45) is 0 Å². The van der Waals surface area contributed by atoms with E-state index in [0.29, 0.717) is 13.0 Å². The van der Waals surface area contributed by atoms with Crippen molar-refractivity contribution in [2.75, 3.05) is 6.54 Å². The quantitative estimate of drug-likeness (QED) is 0.898. The van der Waals surface area contributed by atoms with Crippen LogP contribution in [0.2, 0.25) is 0 Å². The monoisotopic (exact) mass is 260 g/mol. The maximum atomic E-state index is 12.4. The fourth-order valence-corrected chi connectivity index (χ4v) is 2.39. The van der Waals surface area contributed by atoms with E-state index in [1.54, 1.807) is 11.8 Å². The molecule has 102 valence electrons. The van der Waals surface area contributed by atoms with Crippen LogP contribution in [-0.2, 0) is 16.1 Å². The van der Waals surface area contributed by atoms with Crippen LogP contribution in [-0.4, -0.2) is 28.8 Å². The maximum Gasteiger partial charge on any atom is 0.248 e. The molecule has 1 aliphatic heterocycles. The molecule has 4 nitrogen and oxygen atoms in total. The number of hydrogen-bond acceptors (Lipinski definition) is 2. The summed E-state index contributed by atoms with van der Waals surface area (Å²) < 4.78 is 0. The van der Waals surface area contributed by atoms with Crippen molar-refractivity contribution in [1.29, 1.82) is 0 Å². The number of benzene rings is 1. The van der Waals surface area contributed by atoms with Gasteiger partial charge in [-0.1, -0.05) is 36.8 Å². The standard InChI is InChI=1S/C15H20N2O2/c1-4-15(3)14(19)17(10-13(18)16-15)9-12-7-5-6-11(2)8-12/h5-8H,4,9-10H2,1-3H3,(H,16,18). The molecule has 2 amide bonds. The smallest absolute Gasteiger partial charge is 0.248 e. The first-order chi connectivity index (χ1) is 8.94. The van der Waals surface area contributed by atoms with E-state index in [4.69, 9.17) is 0 Å². The van der Waals surface area contributed by atoms with Gasteiger partial charge in [-0.3, -0.25) is 9.59 Å². The molecule has 0 saturated carbocycles. The third-order valence-corrected chi connectivity index (χ3v) is 3.67. The highest BCUT2D eigenvalue weighted by Crippen LogP contribution is 2.19. The van der Waals surface area contributed by atoms with Crippen molar-refractivity contribution in [2.45, 2.75) is 39.3 Å². The molecule has 1 atom stereocenters. The lowest BCUT2D eigenvalue weighted by molar-refractivity contribution is -0.149. The van der Waals surface area contributed by atoms with Gasteiger partial charge in [-0.15, -0.1) is 0 Å². The molecule has 19 heavy (non-hydrogen) atoms. The Labute approximate surface area is 113 Å². The molecule has 1 aromatic rings. The summed E-state index contributed by atoms with van der Waals surface area (Å²) in [5.74, 6) is -0.0901. The van der Waals surface area contributed by atoms with Gasteiger partial charge in [-0.05, 0) is 25.8 Å². The van der Waals surface area contributed by atoms with Crippen LogP contribution in [0.1, 0.15) is 31.4 Å². The van der Waals surface area contributed by atoms with Crippen molar-refractivity contribution < 1.29 is 9.59 Å². The van der Waals surface area contributed by atoms with E-state index in [1.807, 2.05) is 38.1 Å². The largest absolute Gasteiger partial charge is 0.340 e. The van der Waals surface area contributed by atoms with Crippen molar-refractivity contribution in [3.05, 3.63) is 35.4 Å². The van der Waals surface area contributed by atoms with E-state index in [1.165, 1.54) is 0 Å². The number of amides is 2. The number of nitrogens with zero attached hydrogens (tertiary/aromatic N) is 1. The molecule has 1 aromatic carbocycles. The second kappa shape index (κ2) is 5.03. The average Bonchev–Trinajstić information content (AvgIpc) is 2.35. The van der Waals surface area contributed by atoms with Crippen LogP contribution in [0.5, 0.6) is 0 Å². The Kier molecular flexibility index (Phi) is 3.60. The average molecular weight is 260 g/mol. The summed E-state index contributed by atoms with van der Waals surface area (Å²) in [7, 11) is 0. The minimum Gasteiger partial charge on any atom is -0.340 e. The second-order valence-electron chi connectivity index (χ2n) is 5.38. The molecule has 0 aromatic heterocycles. The fourth-order valence-electron chi connectivity index (χ4n) is 2.39. The summed E-state index contributed by atoms with van der Waals surface area (Å²) in [5.41, 5.74) is 1.45. The molecule has 2 rings (SSSR count). The molecule has 0 aliphatic carbocycles. The molecule has 0 spiro atoms. The molecule has 1 unspecified atom stereocenters. The summed E-state index contributed by atoms with van der Waals surface area (Å²) in [4.78, 5) is 25.8. The molecule has 1 saturated heterocycles. The lowest BCUT2D eigenvalue weighted by atomic mass is 9.94. The Balaban J connectivity index is 2.19. The molecule has 0 bridgehead atoms. The number of nitrogens with one attached hydrogen (secondary N) is 1. The lowest BCUT2D eigenvalue weighted by Gasteiger charge is -2.39. The first-order valence-corrected chi connectivity index (χ1v) is 6.60. The highest BCUT2D eigenvalue weighted by atomic mass is 16.2. The summed E-state index contributed by atoms with van der Waals surface area (Å²) >= 11 is 0. The van der Waals surface area contributed by atoms with Gasteiger partial charge < -0.3 is 10.2 Å². The normalized spacial score (nSPS) is 23.4. The van der Waals surface area contributed by atoms with E-state index in [2.05, 4.69) is 5.32 Å². The molecule has 4 heteroatoms. The Bertz CT molecular complexity index is 513. The Morgan fingerprint density at radius 3 is 2.74 bits per heavy atom. The first-order valence-electron chi connectivity index (χ1n) is 6.60. The molecule has 1 N–H and O–H groups in total. The van der Waals surface area contributed by atoms with Crippen LogP contribution in [0.3, 0.4) is 0 Å². The summed E-state index contributed by atoms with van der Waals surface area (Å²) in [6.45, 7) is 6.35. The van der Waals surface area contributed by atoms with E-state index in [-0.39, 0.29) is 18.4 Å². The maximum absolute atomic E-state index is 12.4. The number of piperazine rings is 1. The van der Waals surface area contributed by atoms with Gasteiger partial charge in [0.2, 0.25) is 11.8 Å². The Morgan fingerprint density at radius 2 is 2.11 bits per heavy atom. The van der Waals surface area contributed by atoms with Crippen LogP contribution in [0.4, 0.5) is 0 Å². The van der Waals surface area contributed by atoms with Crippen LogP contribution >= 0.6 is 0 Å². The third kappa shape index (κ3) is 2.78. The molecule has 0 radical (unpaired) electrons. The molecular formula is C15H20N2O2. The van der Waals surface area contributed by atoms with Crippen molar-refractivity contribution >= 4 is 11.8 Å².